The molecule has 2 aromatic carbocycles. The first-order chi connectivity index (χ1) is 13.6. The number of rotatable bonds is 3. The van der Waals surface area contributed by atoms with E-state index in [0.29, 0.717) is 12.1 Å². The highest BCUT2D eigenvalue weighted by Gasteiger charge is 2.73. The first-order valence-electron chi connectivity index (χ1n) is 8.18. The van der Waals surface area contributed by atoms with Gasteiger partial charge in [0.05, 0.1) is 17.2 Å². The first kappa shape index (κ1) is 23.0. The molecule has 3 N–H and O–H groups in total. The molecule has 0 saturated heterocycles. The fourth-order valence-electron chi connectivity index (χ4n) is 2.88. The second-order valence-corrected chi connectivity index (χ2v) is 6.51. The number of benzene rings is 2. The highest BCUT2D eigenvalue weighted by Crippen LogP contribution is 2.53. The van der Waals surface area contributed by atoms with E-state index in [-0.39, 0.29) is 33.6 Å². The van der Waals surface area contributed by atoms with Crippen LogP contribution in [0.2, 0.25) is 0 Å². The molecule has 0 aliphatic heterocycles. The smallest absolute Gasteiger partial charge is 0.399 e. The zero-order valence-corrected chi connectivity index (χ0v) is 15.5. The van der Waals surface area contributed by atoms with Crippen LogP contribution < -0.4 is 11.1 Å². The predicted molar refractivity (Wildman–Crippen MR) is 94.3 cm³/mol. The van der Waals surface area contributed by atoms with Crippen LogP contribution >= 0.6 is 0 Å². The van der Waals surface area contributed by atoms with E-state index < -0.39 is 29.5 Å². The fraction of sp³-hybridized carbons (Fsp3) is 0.263. The van der Waals surface area contributed by atoms with Crippen molar-refractivity contribution < 1.29 is 35.5 Å². The minimum absolute atomic E-state index is 0.0504. The maximum atomic E-state index is 14.3. The predicted octanol–water partition coefficient (Wildman–Crippen LogP) is 5.30. The molecule has 2 rings (SSSR count). The number of hydrogen-bond donors (Lipinski definition) is 2. The summed E-state index contributed by atoms with van der Waals surface area (Å²) in [6.45, 7) is 2.23. The van der Waals surface area contributed by atoms with Crippen LogP contribution in [0.15, 0.2) is 30.3 Å². The van der Waals surface area contributed by atoms with Gasteiger partial charge in [-0.3, -0.25) is 4.79 Å². The number of anilines is 2. The minimum atomic E-state index is -6.25. The van der Waals surface area contributed by atoms with Gasteiger partial charge in [-0.1, -0.05) is 12.1 Å². The molecule has 30 heavy (non-hydrogen) atoms. The average Bonchev–Trinajstić information content (AvgIpc) is 2.61. The Bertz CT molecular complexity index is 999. The highest BCUT2D eigenvalue weighted by atomic mass is 19.4. The van der Waals surface area contributed by atoms with Crippen LogP contribution in [0.25, 0.3) is 0 Å². The molecule has 0 bridgehead atoms. The molecule has 0 atom stereocenters. The van der Waals surface area contributed by atoms with E-state index >= 15 is 0 Å². The van der Waals surface area contributed by atoms with Crippen molar-refractivity contribution >= 4 is 17.3 Å². The van der Waals surface area contributed by atoms with Crippen molar-refractivity contribution in [3.63, 3.8) is 0 Å². The summed E-state index contributed by atoms with van der Waals surface area (Å²) in [7, 11) is 0. The molecule has 0 aliphatic carbocycles. The molecule has 0 aromatic heterocycles. The normalized spacial score (nSPS) is 12.4. The zero-order valence-electron chi connectivity index (χ0n) is 15.5. The van der Waals surface area contributed by atoms with Gasteiger partial charge in [0.2, 0.25) is 0 Å². The van der Waals surface area contributed by atoms with E-state index in [0.717, 1.165) is 13.8 Å². The van der Waals surface area contributed by atoms with Crippen LogP contribution in [-0.4, -0.2) is 18.3 Å². The quantitative estimate of drug-likeness (QED) is 0.509. The Labute approximate surface area is 166 Å². The Balaban J connectivity index is 2.54. The Morgan fingerprint density at radius 3 is 1.90 bits per heavy atom. The maximum absolute atomic E-state index is 14.3. The average molecular weight is 433 g/mol. The summed E-state index contributed by atoms with van der Waals surface area (Å²) >= 11 is 0. The summed E-state index contributed by atoms with van der Waals surface area (Å²) in [4.78, 5) is 12.5. The maximum Gasteiger partial charge on any atom is 0.435 e. The summed E-state index contributed by atoms with van der Waals surface area (Å²) < 4.78 is 92.3. The molecule has 0 fully saturated rings. The Morgan fingerprint density at radius 1 is 0.967 bits per heavy atom. The number of halogens is 7. The number of nitrogen functional groups attached to an aromatic ring is 1. The number of carbonyl (C=O) groups is 1. The molecular formula is C19H14F7N3O. The van der Waals surface area contributed by atoms with E-state index in [2.05, 4.69) is 5.32 Å². The summed E-state index contributed by atoms with van der Waals surface area (Å²) in [5, 5.41) is 11.4. The lowest BCUT2D eigenvalue weighted by molar-refractivity contribution is -0.348. The number of aryl methyl sites for hydroxylation is 2. The lowest BCUT2D eigenvalue weighted by Gasteiger charge is -2.31. The molecular weight excluding hydrogens is 419 g/mol. The van der Waals surface area contributed by atoms with Gasteiger partial charge in [0.15, 0.2) is 0 Å². The van der Waals surface area contributed by atoms with Gasteiger partial charge in [-0.05, 0) is 43.2 Å². The second-order valence-electron chi connectivity index (χ2n) is 6.51. The van der Waals surface area contributed by atoms with Gasteiger partial charge >= 0.3 is 18.0 Å². The van der Waals surface area contributed by atoms with Gasteiger partial charge in [0.1, 0.15) is 0 Å². The molecule has 0 heterocycles. The summed E-state index contributed by atoms with van der Waals surface area (Å²) in [5.41, 5.74) is -2.31. The second kappa shape index (κ2) is 7.51. The van der Waals surface area contributed by atoms with Crippen molar-refractivity contribution in [2.24, 2.45) is 0 Å². The number of alkyl halides is 7. The van der Waals surface area contributed by atoms with Gasteiger partial charge in [-0.25, -0.2) is 4.39 Å². The van der Waals surface area contributed by atoms with Gasteiger partial charge in [-0.2, -0.15) is 31.6 Å². The number of amides is 1. The first-order valence-corrected chi connectivity index (χ1v) is 8.18. The van der Waals surface area contributed by atoms with Crippen molar-refractivity contribution in [1.82, 2.24) is 0 Å². The number of nitrogens with one attached hydrogen (secondary N) is 1. The third-order valence-corrected chi connectivity index (χ3v) is 4.36. The van der Waals surface area contributed by atoms with Crippen molar-refractivity contribution in [1.29, 1.82) is 5.26 Å². The van der Waals surface area contributed by atoms with Crippen molar-refractivity contribution in [3.8, 4) is 6.07 Å². The third-order valence-electron chi connectivity index (χ3n) is 4.36. The number of nitrogens with two attached hydrogens (primary N) is 1. The molecule has 0 aliphatic rings. The standard InChI is InChI=1S/C19H14F7N3O/c1-9-5-12(17(20,18(21,22)23)19(24,25)26)6-10(2)15(9)29-16(30)14-7-13(28)4-3-11(14)8-27/h3-7H,28H2,1-2H3,(H,29,30). The van der Waals surface area contributed by atoms with Gasteiger partial charge in [0, 0.05) is 16.9 Å². The summed E-state index contributed by atoms with van der Waals surface area (Å²) in [6, 6.07) is 6.34. The molecule has 1 amide bonds. The van der Waals surface area contributed by atoms with E-state index in [9.17, 15) is 35.5 Å². The molecule has 0 radical (unpaired) electrons. The lowest BCUT2D eigenvalue weighted by atomic mass is 9.90. The Hall–Kier alpha value is -3.29. The molecule has 160 valence electrons. The molecule has 0 unspecified atom stereocenters. The summed E-state index contributed by atoms with van der Waals surface area (Å²) in [6.07, 6.45) is -12.5. The largest absolute Gasteiger partial charge is 0.435 e. The van der Waals surface area contributed by atoms with Crippen molar-refractivity contribution in [2.45, 2.75) is 31.9 Å². The minimum Gasteiger partial charge on any atom is -0.399 e. The molecule has 2 aromatic rings. The van der Waals surface area contributed by atoms with Crippen LogP contribution in [0.5, 0.6) is 0 Å². The topological polar surface area (TPSA) is 78.9 Å². The van der Waals surface area contributed by atoms with E-state index in [4.69, 9.17) is 11.0 Å². The van der Waals surface area contributed by atoms with E-state index in [1.165, 1.54) is 18.2 Å². The molecule has 0 saturated carbocycles. The van der Waals surface area contributed by atoms with Crippen LogP contribution in [-0.2, 0) is 5.67 Å². The monoisotopic (exact) mass is 433 g/mol. The van der Waals surface area contributed by atoms with Gasteiger partial charge < -0.3 is 11.1 Å². The van der Waals surface area contributed by atoms with Crippen molar-refractivity contribution in [3.05, 3.63) is 58.1 Å². The molecule has 11 heteroatoms. The number of carbonyl (C=O) groups excluding carboxylic acids is 1. The van der Waals surface area contributed by atoms with Gasteiger partial charge in [0.25, 0.3) is 5.91 Å². The lowest BCUT2D eigenvalue weighted by Crippen LogP contribution is -2.50. The van der Waals surface area contributed by atoms with Gasteiger partial charge in [-0.15, -0.1) is 0 Å². The van der Waals surface area contributed by atoms with Crippen LogP contribution in [0.1, 0.15) is 32.6 Å². The molecule has 4 nitrogen and oxygen atoms in total. The van der Waals surface area contributed by atoms with E-state index in [1.807, 2.05) is 0 Å². The van der Waals surface area contributed by atoms with Crippen molar-refractivity contribution in [2.75, 3.05) is 11.1 Å². The number of nitrogens with zero attached hydrogens (tertiary/aromatic N) is 1. The Kier molecular flexibility index (Phi) is 5.76. The highest BCUT2D eigenvalue weighted by molar-refractivity contribution is 6.07. The SMILES string of the molecule is Cc1cc(C(F)(C(F)(F)F)C(F)(F)F)cc(C)c1NC(=O)c1cc(N)ccc1C#N. The van der Waals surface area contributed by atoms with Crippen LogP contribution in [0.4, 0.5) is 42.1 Å². The Morgan fingerprint density at radius 2 is 1.47 bits per heavy atom. The van der Waals surface area contributed by atoms with Crippen LogP contribution in [0, 0.1) is 25.2 Å². The molecule has 0 spiro atoms. The number of hydrogen-bond acceptors (Lipinski definition) is 3. The summed E-state index contributed by atoms with van der Waals surface area (Å²) in [5.74, 6) is -0.865. The van der Waals surface area contributed by atoms with Crippen LogP contribution in [0.3, 0.4) is 0 Å². The zero-order chi connectivity index (χ0) is 23.1. The third kappa shape index (κ3) is 3.90. The van der Waals surface area contributed by atoms with E-state index in [1.54, 1.807) is 6.07 Å². The number of nitriles is 1. The fourth-order valence-corrected chi connectivity index (χ4v) is 2.88.